The molecule has 9 nitrogen and oxygen atoms in total. The van der Waals surface area contributed by atoms with E-state index in [1.807, 2.05) is 0 Å². The van der Waals surface area contributed by atoms with E-state index in [-0.39, 0.29) is 17.3 Å². The minimum atomic E-state index is -1.08. The molecule has 0 bridgehead atoms. The number of hydrogen-bond donors (Lipinski definition) is 1. The van der Waals surface area contributed by atoms with Crippen molar-refractivity contribution in [3.63, 3.8) is 0 Å². The zero-order valence-electron chi connectivity index (χ0n) is 10.3. The molecule has 0 aromatic carbocycles. The number of tetrazole rings is 1. The highest BCUT2D eigenvalue weighted by Gasteiger charge is 2.17. The Hall–Kier alpha value is -2.49. The molecular weight excluding hydrogens is 286 g/mol. The Morgan fingerprint density at radius 1 is 1.50 bits per heavy atom. The molecule has 0 aliphatic carbocycles. The van der Waals surface area contributed by atoms with Gasteiger partial charge < -0.3 is 9.84 Å². The molecule has 0 spiro atoms. The van der Waals surface area contributed by atoms with Crippen LogP contribution in [0.4, 0.5) is 0 Å². The molecule has 104 valence electrons. The molecule has 0 unspecified atom stereocenters. The van der Waals surface area contributed by atoms with Crippen molar-refractivity contribution in [1.29, 1.82) is 0 Å². The van der Waals surface area contributed by atoms with Crippen LogP contribution in [-0.4, -0.2) is 49.3 Å². The molecule has 2 aromatic heterocycles. The van der Waals surface area contributed by atoms with Gasteiger partial charge in [-0.05, 0) is 34.3 Å². The summed E-state index contributed by atoms with van der Waals surface area (Å²) in [6, 6.07) is 3.14. The van der Waals surface area contributed by atoms with Crippen LogP contribution in [-0.2, 0) is 16.1 Å². The molecule has 0 atom stereocenters. The number of methoxy groups -OCH3 is 1. The highest BCUT2D eigenvalue weighted by molar-refractivity contribution is 7.99. The molecule has 0 aliphatic heterocycles. The van der Waals surface area contributed by atoms with E-state index in [9.17, 15) is 9.59 Å². The highest BCUT2D eigenvalue weighted by atomic mass is 32.2. The van der Waals surface area contributed by atoms with Gasteiger partial charge in [-0.25, -0.2) is 14.5 Å². The monoisotopic (exact) mass is 295 g/mol. The third-order valence-corrected chi connectivity index (χ3v) is 3.14. The minimum Gasteiger partial charge on any atom is -0.480 e. The number of carboxylic acid groups (broad SMARTS) is 1. The Kier molecular flexibility index (Phi) is 4.25. The lowest BCUT2D eigenvalue weighted by molar-refractivity contribution is -0.138. The number of ether oxygens (including phenoxy) is 1. The number of pyridine rings is 1. The summed E-state index contributed by atoms with van der Waals surface area (Å²) in [6.07, 6.45) is 1.50. The van der Waals surface area contributed by atoms with Gasteiger partial charge in [0.2, 0.25) is 5.16 Å². The summed E-state index contributed by atoms with van der Waals surface area (Å²) in [6.45, 7) is -0.379. The first kappa shape index (κ1) is 13.9. The third-order valence-electron chi connectivity index (χ3n) is 2.15. The maximum absolute atomic E-state index is 11.6. The van der Waals surface area contributed by atoms with E-state index in [0.717, 1.165) is 16.4 Å². The Bertz CT molecular complexity index is 644. The first-order chi connectivity index (χ1) is 9.61. The van der Waals surface area contributed by atoms with Crippen molar-refractivity contribution in [2.24, 2.45) is 0 Å². The maximum Gasteiger partial charge on any atom is 0.340 e. The maximum atomic E-state index is 11.6. The van der Waals surface area contributed by atoms with Crippen molar-refractivity contribution < 1.29 is 19.4 Å². The van der Waals surface area contributed by atoms with Crippen LogP contribution in [0.5, 0.6) is 0 Å². The fraction of sp³-hybridized carbons (Fsp3) is 0.200. The lowest BCUT2D eigenvalue weighted by Crippen LogP contribution is -2.11. The molecule has 0 saturated heterocycles. The first-order valence-electron chi connectivity index (χ1n) is 5.31. The number of carbonyl (C=O) groups is 2. The zero-order chi connectivity index (χ0) is 14.5. The Labute approximate surface area is 117 Å². The summed E-state index contributed by atoms with van der Waals surface area (Å²) >= 11 is 0.985. The van der Waals surface area contributed by atoms with Crippen molar-refractivity contribution in [1.82, 2.24) is 25.2 Å². The zero-order valence-corrected chi connectivity index (χ0v) is 11.1. The van der Waals surface area contributed by atoms with E-state index in [2.05, 4.69) is 25.2 Å². The molecule has 10 heteroatoms. The van der Waals surface area contributed by atoms with Crippen LogP contribution in [0.3, 0.4) is 0 Å². The fourth-order valence-corrected chi connectivity index (χ4v) is 2.15. The van der Waals surface area contributed by atoms with Gasteiger partial charge in [0.1, 0.15) is 11.6 Å². The van der Waals surface area contributed by atoms with Gasteiger partial charge >= 0.3 is 11.9 Å². The number of carboxylic acids is 1. The van der Waals surface area contributed by atoms with Crippen molar-refractivity contribution in [2.45, 2.75) is 16.7 Å². The number of aliphatic carboxylic acids is 1. The quantitative estimate of drug-likeness (QED) is 0.765. The van der Waals surface area contributed by atoms with E-state index in [4.69, 9.17) is 5.11 Å². The van der Waals surface area contributed by atoms with Crippen LogP contribution >= 0.6 is 11.8 Å². The first-order valence-corrected chi connectivity index (χ1v) is 6.12. The molecule has 0 aliphatic rings. The molecule has 20 heavy (non-hydrogen) atoms. The topological polar surface area (TPSA) is 120 Å². The second kappa shape index (κ2) is 6.10. The predicted molar refractivity (Wildman–Crippen MR) is 65.2 cm³/mol. The van der Waals surface area contributed by atoms with Gasteiger partial charge in [0.05, 0.1) is 12.7 Å². The van der Waals surface area contributed by atoms with E-state index < -0.39 is 11.9 Å². The van der Waals surface area contributed by atoms with Gasteiger partial charge in [-0.15, -0.1) is 5.10 Å². The largest absolute Gasteiger partial charge is 0.480 e. The van der Waals surface area contributed by atoms with E-state index in [0.29, 0.717) is 5.03 Å². The van der Waals surface area contributed by atoms with Crippen LogP contribution in [0.25, 0.3) is 0 Å². The van der Waals surface area contributed by atoms with Gasteiger partial charge in [0.15, 0.2) is 0 Å². The Morgan fingerprint density at radius 2 is 2.30 bits per heavy atom. The summed E-state index contributed by atoms with van der Waals surface area (Å²) in [4.78, 5) is 26.3. The number of aromatic nitrogens is 5. The van der Waals surface area contributed by atoms with Crippen molar-refractivity contribution in [3.05, 3.63) is 23.9 Å². The number of hydrogen-bond acceptors (Lipinski definition) is 8. The molecule has 0 amide bonds. The summed E-state index contributed by atoms with van der Waals surface area (Å²) in [5.41, 5.74) is 0.255. The standard InChI is InChI=1S/C10H9N5O4S/c1-19-9(18)6-3-2-4-11-8(6)20-10-12-13-14-15(10)5-7(16)17/h2-4H,5H2,1H3,(H,16,17). The average molecular weight is 295 g/mol. The number of nitrogens with zero attached hydrogens (tertiary/aromatic N) is 5. The van der Waals surface area contributed by atoms with Crippen LogP contribution in [0.2, 0.25) is 0 Å². The molecule has 1 N–H and O–H groups in total. The van der Waals surface area contributed by atoms with Crippen LogP contribution < -0.4 is 0 Å². The Morgan fingerprint density at radius 3 is 3.00 bits per heavy atom. The molecule has 0 saturated carbocycles. The van der Waals surface area contributed by atoms with E-state index in [1.54, 1.807) is 12.1 Å². The van der Waals surface area contributed by atoms with Gasteiger partial charge in [-0.3, -0.25) is 4.79 Å². The lowest BCUT2D eigenvalue weighted by Gasteiger charge is -2.05. The summed E-state index contributed by atoms with van der Waals surface area (Å²) in [7, 11) is 1.26. The molecule has 0 fully saturated rings. The molecule has 2 heterocycles. The normalized spacial score (nSPS) is 10.2. The van der Waals surface area contributed by atoms with E-state index >= 15 is 0 Å². The van der Waals surface area contributed by atoms with Crippen LogP contribution in [0, 0.1) is 0 Å². The number of rotatable bonds is 5. The molecule has 2 rings (SSSR count). The van der Waals surface area contributed by atoms with Gasteiger partial charge in [-0.2, -0.15) is 0 Å². The smallest absolute Gasteiger partial charge is 0.340 e. The minimum absolute atomic E-state index is 0.219. The van der Waals surface area contributed by atoms with Crippen molar-refractivity contribution in [3.8, 4) is 0 Å². The van der Waals surface area contributed by atoms with Crippen molar-refractivity contribution >= 4 is 23.7 Å². The SMILES string of the molecule is COC(=O)c1cccnc1Sc1nnnn1CC(=O)O. The average Bonchev–Trinajstić information content (AvgIpc) is 2.85. The molecule has 0 radical (unpaired) electrons. The summed E-state index contributed by atoms with van der Waals surface area (Å²) in [5, 5.41) is 20.0. The summed E-state index contributed by atoms with van der Waals surface area (Å²) in [5.74, 6) is -1.62. The highest BCUT2D eigenvalue weighted by Crippen LogP contribution is 2.26. The van der Waals surface area contributed by atoms with Gasteiger partial charge in [0, 0.05) is 6.20 Å². The number of esters is 1. The van der Waals surface area contributed by atoms with Crippen LogP contribution in [0.1, 0.15) is 10.4 Å². The van der Waals surface area contributed by atoms with E-state index in [1.165, 1.54) is 13.3 Å². The van der Waals surface area contributed by atoms with Gasteiger partial charge in [0.25, 0.3) is 0 Å². The van der Waals surface area contributed by atoms with Gasteiger partial charge in [-0.1, -0.05) is 0 Å². The third kappa shape index (κ3) is 3.09. The lowest BCUT2D eigenvalue weighted by atomic mass is 10.3. The molecular formula is C10H9N5O4S. The number of carbonyl (C=O) groups excluding carboxylic acids is 1. The second-order valence-electron chi connectivity index (χ2n) is 3.46. The Balaban J connectivity index is 2.29. The van der Waals surface area contributed by atoms with Crippen LogP contribution in [0.15, 0.2) is 28.5 Å². The molecule has 2 aromatic rings. The van der Waals surface area contributed by atoms with Crippen molar-refractivity contribution in [2.75, 3.05) is 7.11 Å². The second-order valence-corrected chi connectivity index (χ2v) is 4.42. The fourth-order valence-electron chi connectivity index (χ4n) is 1.32. The summed E-state index contributed by atoms with van der Waals surface area (Å²) < 4.78 is 5.75. The predicted octanol–water partition coefficient (Wildman–Crippen LogP) is 0.0905.